The number of nitrogens with zero attached hydrogens (tertiary/aromatic N) is 3. The fourth-order valence-corrected chi connectivity index (χ4v) is 2.86. The van der Waals surface area contributed by atoms with E-state index >= 15 is 0 Å². The van der Waals surface area contributed by atoms with Crippen LogP contribution in [0, 0.1) is 5.92 Å². The lowest BCUT2D eigenvalue weighted by atomic mass is 10.1. The van der Waals surface area contributed by atoms with E-state index in [1.54, 1.807) is 17.0 Å². The minimum atomic E-state index is -0.0120. The lowest BCUT2D eigenvalue weighted by molar-refractivity contribution is 0.316. The van der Waals surface area contributed by atoms with Crippen LogP contribution in [0.25, 0.3) is 0 Å². The van der Waals surface area contributed by atoms with Crippen molar-refractivity contribution in [3.05, 3.63) is 22.7 Å². The van der Waals surface area contributed by atoms with Gasteiger partial charge in [-0.2, -0.15) is 0 Å². The number of aryl methyl sites for hydroxylation is 1. The second kappa shape index (κ2) is 5.33. The smallest absolute Gasteiger partial charge is 0.293 e. The Morgan fingerprint density at radius 1 is 1.42 bits per heavy atom. The summed E-state index contributed by atoms with van der Waals surface area (Å²) in [6, 6.07) is 0.858. The fraction of sp³-hybridized carbons (Fsp3) is 0.714. The molecule has 0 aromatic carbocycles. The molecule has 1 unspecified atom stereocenters. The molecule has 19 heavy (non-hydrogen) atoms. The van der Waals surface area contributed by atoms with Crippen LogP contribution in [0.4, 0.5) is 5.82 Å². The average Bonchev–Trinajstić information content (AvgIpc) is 3.17. The lowest BCUT2D eigenvalue weighted by Crippen LogP contribution is -2.28. The summed E-state index contributed by atoms with van der Waals surface area (Å²) in [5.41, 5.74) is -0.0120. The molecule has 1 aliphatic carbocycles. The summed E-state index contributed by atoms with van der Waals surface area (Å²) in [4.78, 5) is 18.8. The molecule has 0 spiro atoms. The van der Waals surface area contributed by atoms with E-state index < -0.39 is 0 Å². The highest BCUT2D eigenvalue weighted by Crippen LogP contribution is 2.31. The van der Waals surface area contributed by atoms with Crippen LogP contribution in [0.1, 0.15) is 26.2 Å². The van der Waals surface area contributed by atoms with Gasteiger partial charge in [0.15, 0.2) is 5.82 Å². The monoisotopic (exact) mass is 262 g/mol. The van der Waals surface area contributed by atoms with E-state index in [1.165, 1.54) is 32.4 Å². The highest BCUT2D eigenvalue weighted by atomic mass is 16.1. The number of likely N-dealkylation sites (tertiary alicyclic amines) is 1. The van der Waals surface area contributed by atoms with Crippen LogP contribution in [0.2, 0.25) is 0 Å². The first-order chi connectivity index (χ1) is 9.28. The molecule has 0 radical (unpaired) electrons. The van der Waals surface area contributed by atoms with Crippen molar-refractivity contribution in [2.24, 2.45) is 5.92 Å². The average molecular weight is 262 g/mol. The second-order valence-corrected chi connectivity index (χ2v) is 5.63. The van der Waals surface area contributed by atoms with Crippen LogP contribution in [0.5, 0.6) is 0 Å². The molecule has 1 aromatic rings. The Morgan fingerprint density at radius 3 is 3.00 bits per heavy atom. The van der Waals surface area contributed by atoms with Gasteiger partial charge in [0.25, 0.3) is 5.56 Å². The van der Waals surface area contributed by atoms with Gasteiger partial charge < -0.3 is 14.8 Å². The van der Waals surface area contributed by atoms with Crippen molar-refractivity contribution in [2.45, 2.75) is 38.8 Å². The Bertz CT molecular complexity index is 494. The van der Waals surface area contributed by atoms with Gasteiger partial charge in [0.2, 0.25) is 0 Å². The number of aromatic nitrogens is 2. The molecule has 1 saturated carbocycles. The molecule has 2 aliphatic rings. The van der Waals surface area contributed by atoms with Crippen LogP contribution in [0.15, 0.2) is 17.2 Å². The van der Waals surface area contributed by atoms with Crippen LogP contribution in [-0.2, 0) is 6.54 Å². The van der Waals surface area contributed by atoms with E-state index in [-0.39, 0.29) is 5.56 Å². The maximum absolute atomic E-state index is 12.0. The molecule has 0 amide bonds. The summed E-state index contributed by atoms with van der Waals surface area (Å²) < 4.78 is 1.68. The first-order valence-corrected chi connectivity index (χ1v) is 7.31. The zero-order valence-corrected chi connectivity index (χ0v) is 11.5. The molecule has 104 valence electrons. The van der Waals surface area contributed by atoms with Gasteiger partial charge in [0, 0.05) is 38.1 Å². The fourth-order valence-electron chi connectivity index (χ4n) is 2.86. The van der Waals surface area contributed by atoms with Gasteiger partial charge in [-0.25, -0.2) is 4.98 Å². The number of rotatable bonds is 5. The van der Waals surface area contributed by atoms with Crippen molar-refractivity contribution in [3.8, 4) is 0 Å². The molecular formula is C14H22N4O. The molecule has 3 rings (SSSR count). The zero-order valence-electron chi connectivity index (χ0n) is 11.5. The molecule has 1 aliphatic heterocycles. The van der Waals surface area contributed by atoms with Gasteiger partial charge in [-0.1, -0.05) is 0 Å². The molecule has 5 nitrogen and oxygen atoms in total. The first-order valence-electron chi connectivity index (χ1n) is 7.31. The predicted molar refractivity (Wildman–Crippen MR) is 75.4 cm³/mol. The molecule has 5 heteroatoms. The van der Waals surface area contributed by atoms with Gasteiger partial charge in [0.1, 0.15) is 0 Å². The van der Waals surface area contributed by atoms with Crippen molar-refractivity contribution in [1.29, 1.82) is 0 Å². The standard InChI is InChI=1S/C14H22N4O/c1-2-17-8-6-15-13(14(17)19)16-9-11-5-7-18(10-11)12-3-4-12/h6,8,11-12H,2-5,7,9-10H2,1H3,(H,15,16). The van der Waals surface area contributed by atoms with Crippen molar-refractivity contribution < 1.29 is 0 Å². The van der Waals surface area contributed by atoms with Crippen molar-refractivity contribution in [3.63, 3.8) is 0 Å². The lowest BCUT2D eigenvalue weighted by Gasteiger charge is -2.15. The zero-order chi connectivity index (χ0) is 13.2. The highest BCUT2D eigenvalue weighted by molar-refractivity contribution is 5.30. The Balaban J connectivity index is 1.56. The minimum Gasteiger partial charge on any atom is -0.365 e. The van der Waals surface area contributed by atoms with Crippen molar-refractivity contribution in [1.82, 2.24) is 14.5 Å². The first kappa shape index (κ1) is 12.7. The summed E-state index contributed by atoms with van der Waals surface area (Å²) >= 11 is 0. The van der Waals surface area contributed by atoms with Gasteiger partial charge in [-0.3, -0.25) is 4.79 Å². The Morgan fingerprint density at radius 2 is 2.26 bits per heavy atom. The van der Waals surface area contributed by atoms with Gasteiger partial charge in [-0.05, 0) is 38.6 Å². The third kappa shape index (κ3) is 2.81. The normalized spacial score (nSPS) is 23.7. The summed E-state index contributed by atoms with van der Waals surface area (Å²) in [6.45, 7) is 5.91. The second-order valence-electron chi connectivity index (χ2n) is 5.63. The third-order valence-corrected chi connectivity index (χ3v) is 4.19. The Hall–Kier alpha value is -1.36. The molecule has 2 fully saturated rings. The van der Waals surface area contributed by atoms with E-state index in [0.29, 0.717) is 18.3 Å². The summed E-state index contributed by atoms with van der Waals surface area (Å²) in [5.74, 6) is 1.14. The largest absolute Gasteiger partial charge is 0.365 e. The number of hydrogen-bond donors (Lipinski definition) is 1. The van der Waals surface area contributed by atoms with Crippen molar-refractivity contribution in [2.75, 3.05) is 25.0 Å². The number of anilines is 1. The van der Waals surface area contributed by atoms with Gasteiger partial charge in [0.05, 0.1) is 0 Å². The minimum absolute atomic E-state index is 0.0120. The number of hydrogen-bond acceptors (Lipinski definition) is 4. The quantitative estimate of drug-likeness (QED) is 0.865. The van der Waals surface area contributed by atoms with Crippen LogP contribution in [0.3, 0.4) is 0 Å². The SMILES string of the molecule is CCn1ccnc(NCC2CCN(C3CC3)C2)c1=O. The van der Waals surface area contributed by atoms with Crippen LogP contribution >= 0.6 is 0 Å². The maximum atomic E-state index is 12.0. The van der Waals surface area contributed by atoms with Gasteiger partial charge in [-0.15, -0.1) is 0 Å². The Kier molecular flexibility index (Phi) is 3.55. The summed E-state index contributed by atoms with van der Waals surface area (Å²) in [6.07, 6.45) is 7.41. The molecule has 1 aromatic heterocycles. The highest BCUT2D eigenvalue weighted by Gasteiger charge is 2.34. The molecule has 1 atom stereocenters. The molecule has 0 bridgehead atoms. The van der Waals surface area contributed by atoms with Crippen molar-refractivity contribution >= 4 is 5.82 Å². The van der Waals surface area contributed by atoms with Crippen LogP contribution < -0.4 is 10.9 Å². The maximum Gasteiger partial charge on any atom is 0.293 e. The van der Waals surface area contributed by atoms with Gasteiger partial charge >= 0.3 is 0 Å². The Labute approximate surface area is 113 Å². The van der Waals surface area contributed by atoms with E-state index in [1.807, 2.05) is 6.92 Å². The molecule has 1 N–H and O–H groups in total. The topological polar surface area (TPSA) is 50.2 Å². The molecular weight excluding hydrogens is 240 g/mol. The molecule has 1 saturated heterocycles. The number of nitrogens with one attached hydrogen (secondary N) is 1. The van der Waals surface area contributed by atoms with Crippen LogP contribution in [-0.4, -0.2) is 40.1 Å². The third-order valence-electron chi connectivity index (χ3n) is 4.19. The summed E-state index contributed by atoms with van der Waals surface area (Å²) in [7, 11) is 0. The van der Waals surface area contributed by atoms with E-state index in [4.69, 9.17) is 0 Å². The van der Waals surface area contributed by atoms with E-state index in [2.05, 4.69) is 15.2 Å². The predicted octanol–water partition coefficient (Wildman–Crippen LogP) is 1.16. The molecule has 2 heterocycles. The van der Waals surface area contributed by atoms with E-state index in [9.17, 15) is 4.79 Å². The summed E-state index contributed by atoms with van der Waals surface area (Å²) in [5, 5.41) is 3.24. The van der Waals surface area contributed by atoms with E-state index in [0.717, 1.165) is 12.6 Å².